The zero-order chi connectivity index (χ0) is 16.9. The molecule has 2 aliphatic rings. The second-order valence-electron chi connectivity index (χ2n) is 7.12. The van der Waals surface area contributed by atoms with E-state index in [-0.39, 0.29) is 30.7 Å². The van der Waals surface area contributed by atoms with Crippen molar-refractivity contribution in [2.45, 2.75) is 51.6 Å². The zero-order valence-electron chi connectivity index (χ0n) is 14.2. The highest BCUT2D eigenvalue weighted by atomic mass is 16.6. The molecule has 1 saturated heterocycles. The van der Waals surface area contributed by atoms with Gasteiger partial charge < -0.3 is 25.4 Å². The standard InChI is InChI=1S/C16H29N3O4/c1-16(2,11-23-15(21)19-7-9-22-10-8-19)14(20)18-13-5-3-12(17)4-6-13/h12-13H,3-11,17H2,1-2H3,(H,18,20)/t12-,13-. The summed E-state index contributed by atoms with van der Waals surface area (Å²) in [5.74, 6) is -0.0762. The highest BCUT2D eigenvalue weighted by Crippen LogP contribution is 2.21. The van der Waals surface area contributed by atoms with Crippen molar-refractivity contribution in [3.63, 3.8) is 0 Å². The van der Waals surface area contributed by atoms with Crippen LogP contribution in [0.15, 0.2) is 0 Å². The first kappa shape index (κ1) is 18.0. The Hall–Kier alpha value is -1.34. The molecule has 0 aromatic rings. The number of morpholine rings is 1. The van der Waals surface area contributed by atoms with Crippen molar-refractivity contribution in [3.8, 4) is 0 Å². The van der Waals surface area contributed by atoms with Crippen molar-refractivity contribution in [1.29, 1.82) is 0 Å². The summed E-state index contributed by atoms with van der Waals surface area (Å²) in [6, 6.07) is 0.433. The molecule has 7 heteroatoms. The van der Waals surface area contributed by atoms with E-state index in [9.17, 15) is 9.59 Å². The molecule has 0 atom stereocenters. The van der Waals surface area contributed by atoms with Crippen LogP contribution in [0.2, 0.25) is 0 Å². The Bertz CT molecular complexity index is 414. The van der Waals surface area contributed by atoms with E-state index in [0.717, 1.165) is 25.7 Å². The van der Waals surface area contributed by atoms with Gasteiger partial charge in [0.15, 0.2) is 0 Å². The lowest BCUT2D eigenvalue weighted by Crippen LogP contribution is -2.48. The fourth-order valence-corrected chi connectivity index (χ4v) is 2.79. The number of carbonyl (C=O) groups is 2. The molecular formula is C16H29N3O4. The molecule has 1 heterocycles. The van der Waals surface area contributed by atoms with E-state index in [1.165, 1.54) is 0 Å². The van der Waals surface area contributed by atoms with Crippen molar-refractivity contribution in [1.82, 2.24) is 10.2 Å². The van der Waals surface area contributed by atoms with Crippen LogP contribution in [0.3, 0.4) is 0 Å². The predicted molar refractivity (Wildman–Crippen MR) is 85.9 cm³/mol. The number of carbonyl (C=O) groups excluding carboxylic acids is 2. The summed E-state index contributed by atoms with van der Waals surface area (Å²) in [4.78, 5) is 26.0. The normalized spacial score (nSPS) is 25.8. The first-order chi connectivity index (χ1) is 10.9. The molecule has 0 bridgehead atoms. The maximum absolute atomic E-state index is 12.4. The molecule has 23 heavy (non-hydrogen) atoms. The third kappa shape index (κ3) is 5.35. The van der Waals surface area contributed by atoms with Gasteiger partial charge in [0, 0.05) is 25.2 Å². The van der Waals surface area contributed by atoms with Gasteiger partial charge in [0.25, 0.3) is 0 Å². The van der Waals surface area contributed by atoms with Crippen LogP contribution in [0.1, 0.15) is 39.5 Å². The first-order valence-corrected chi connectivity index (χ1v) is 8.44. The Kier molecular flexibility index (Phi) is 6.24. The van der Waals surface area contributed by atoms with Gasteiger partial charge in [-0.25, -0.2) is 4.79 Å². The summed E-state index contributed by atoms with van der Waals surface area (Å²) in [5.41, 5.74) is 5.13. The summed E-state index contributed by atoms with van der Waals surface area (Å²) < 4.78 is 10.5. The lowest BCUT2D eigenvalue weighted by atomic mass is 9.89. The number of amides is 2. The molecule has 1 aliphatic heterocycles. The van der Waals surface area contributed by atoms with Crippen LogP contribution in [-0.4, -0.2) is 61.9 Å². The SMILES string of the molecule is CC(C)(COC(=O)N1CCOCC1)C(=O)N[C@H]1CC[C@H](N)CC1. The Morgan fingerprint density at radius 2 is 1.83 bits per heavy atom. The number of nitrogens with two attached hydrogens (primary N) is 1. The van der Waals surface area contributed by atoms with Crippen molar-refractivity contribution < 1.29 is 19.1 Å². The largest absolute Gasteiger partial charge is 0.448 e. The lowest BCUT2D eigenvalue weighted by molar-refractivity contribution is -0.132. The van der Waals surface area contributed by atoms with Crippen LogP contribution in [0, 0.1) is 5.41 Å². The van der Waals surface area contributed by atoms with Crippen LogP contribution >= 0.6 is 0 Å². The number of nitrogens with one attached hydrogen (secondary N) is 1. The molecule has 2 amide bonds. The smallest absolute Gasteiger partial charge is 0.409 e. The molecule has 3 N–H and O–H groups in total. The lowest BCUT2D eigenvalue weighted by Gasteiger charge is -2.32. The van der Waals surface area contributed by atoms with Crippen LogP contribution in [-0.2, 0) is 14.3 Å². The Morgan fingerprint density at radius 3 is 2.43 bits per heavy atom. The van der Waals surface area contributed by atoms with Gasteiger partial charge in [0.05, 0.1) is 18.6 Å². The third-order valence-corrected chi connectivity index (χ3v) is 4.55. The fraction of sp³-hybridized carbons (Fsp3) is 0.875. The molecule has 132 valence electrons. The molecule has 0 radical (unpaired) electrons. The molecule has 0 aromatic heterocycles. The summed E-state index contributed by atoms with van der Waals surface area (Å²) in [5, 5.41) is 3.06. The molecule has 7 nitrogen and oxygen atoms in total. The van der Waals surface area contributed by atoms with Gasteiger partial charge in [-0.1, -0.05) is 0 Å². The van der Waals surface area contributed by atoms with Crippen LogP contribution < -0.4 is 11.1 Å². The van der Waals surface area contributed by atoms with Gasteiger partial charge in [-0.05, 0) is 39.5 Å². The van der Waals surface area contributed by atoms with E-state index in [4.69, 9.17) is 15.2 Å². The van der Waals surface area contributed by atoms with Gasteiger partial charge in [-0.2, -0.15) is 0 Å². The van der Waals surface area contributed by atoms with Gasteiger partial charge in [0.1, 0.15) is 6.61 Å². The highest BCUT2D eigenvalue weighted by molar-refractivity contribution is 5.82. The minimum atomic E-state index is -0.749. The number of hydrogen-bond acceptors (Lipinski definition) is 5. The van der Waals surface area contributed by atoms with Crippen molar-refractivity contribution in [2.75, 3.05) is 32.9 Å². The van der Waals surface area contributed by atoms with E-state index in [1.54, 1.807) is 18.7 Å². The van der Waals surface area contributed by atoms with Crippen LogP contribution in [0.5, 0.6) is 0 Å². The Morgan fingerprint density at radius 1 is 1.22 bits per heavy atom. The molecule has 1 aliphatic carbocycles. The van der Waals surface area contributed by atoms with Gasteiger partial charge >= 0.3 is 6.09 Å². The molecule has 1 saturated carbocycles. The van der Waals surface area contributed by atoms with E-state index in [1.807, 2.05) is 0 Å². The fourth-order valence-electron chi connectivity index (χ4n) is 2.79. The second-order valence-corrected chi connectivity index (χ2v) is 7.12. The summed E-state index contributed by atoms with van der Waals surface area (Å²) >= 11 is 0. The van der Waals surface area contributed by atoms with E-state index >= 15 is 0 Å². The van der Waals surface area contributed by atoms with Crippen molar-refractivity contribution in [3.05, 3.63) is 0 Å². The van der Waals surface area contributed by atoms with E-state index < -0.39 is 5.41 Å². The van der Waals surface area contributed by atoms with Crippen LogP contribution in [0.25, 0.3) is 0 Å². The number of nitrogens with zero attached hydrogens (tertiary/aromatic N) is 1. The summed E-state index contributed by atoms with van der Waals surface area (Å²) in [6.07, 6.45) is 3.33. The second kappa shape index (κ2) is 7.97. The molecule has 2 rings (SSSR count). The van der Waals surface area contributed by atoms with Gasteiger partial charge in [0.2, 0.25) is 5.91 Å². The van der Waals surface area contributed by atoms with Gasteiger partial charge in [-0.3, -0.25) is 4.79 Å². The van der Waals surface area contributed by atoms with Gasteiger partial charge in [-0.15, -0.1) is 0 Å². The highest BCUT2D eigenvalue weighted by Gasteiger charge is 2.32. The topological polar surface area (TPSA) is 93.9 Å². The average molecular weight is 327 g/mol. The van der Waals surface area contributed by atoms with Crippen molar-refractivity contribution in [2.24, 2.45) is 11.1 Å². The quantitative estimate of drug-likeness (QED) is 0.799. The maximum atomic E-state index is 12.4. The minimum Gasteiger partial charge on any atom is -0.448 e. The predicted octanol–water partition coefficient (Wildman–Crippen LogP) is 0.868. The Labute approximate surface area is 137 Å². The number of rotatable bonds is 4. The summed E-state index contributed by atoms with van der Waals surface area (Å²) in [7, 11) is 0. The first-order valence-electron chi connectivity index (χ1n) is 8.44. The zero-order valence-corrected chi connectivity index (χ0v) is 14.2. The molecular weight excluding hydrogens is 298 g/mol. The molecule has 0 unspecified atom stereocenters. The monoisotopic (exact) mass is 327 g/mol. The van der Waals surface area contributed by atoms with Crippen LogP contribution in [0.4, 0.5) is 4.79 Å². The van der Waals surface area contributed by atoms with Crippen molar-refractivity contribution >= 4 is 12.0 Å². The maximum Gasteiger partial charge on any atom is 0.409 e. The molecule has 0 spiro atoms. The Balaban J connectivity index is 1.75. The summed E-state index contributed by atoms with van der Waals surface area (Å²) in [6.45, 7) is 5.79. The third-order valence-electron chi connectivity index (χ3n) is 4.55. The number of ether oxygens (including phenoxy) is 2. The average Bonchev–Trinajstić information content (AvgIpc) is 2.55. The molecule has 2 fully saturated rings. The van der Waals surface area contributed by atoms with E-state index in [2.05, 4.69) is 5.32 Å². The number of hydrogen-bond donors (Lipinski definition) is 2. The van der Waals surface area contributed by atoms with E-state index in [0.29, 0.717) is 26.3 Å². The molecule has 0 aromatic carbocycles. The minimum absolute atomic E-state index is 0.0707.